The number of halogens is 1. The van der Waals surface area contributed by atoms with Crippen LogP contribution in [0.15, 0.2) is 18.2 Å². The number of carboxylic acid groups (broad SMARTS) is 1. The molecule has 16 heavy (non-hydrogen) atoms. The minimum atomic E-state index is -0.808. The Morgan fingerprint density at radius 2 is 2.25 bits per heavy atom. The van der Waals surface area contributed by atoms with Crippen LogP contribution in [0, 0.1) is 6.92 Å². The van der Waals surface area contributed by atoms with Crippen molar-refractivity contribution < 1.29 is 9.90 Å². The van der Waals surface area contributed by atoms with Crippen LogP contribution in [0.4, 0.5) is 0 Å². The topological polar surface area (TPSA) is 63.3 Å². The zero-order valence-corrected chi connectivity index (χ0v) is 10.00. The minimum absolute atomic E-state index is 0.112. The standard InChI is InChI=1S/C12H16ClNO2/c1-8-2-3-9(7-11(8)13)6-10(14)4-5-12(15)16/h2-3,7,10H,4-6,14H2,1H3,(H,15,16). The van der Waals surface area contributed by atoms with Crippen molar-refractivity contribution in [1.82, 2.24) is 0 Å². The Bertz CT molecular complexity index is 379. The monoisotopic (exact) mass is 241 g/mol. The Morgan fingerprint density at radius 3 is 2.81 bits per heavy atom. The maximum absolute atomic E-state index is 10.4. The van der Waals surface area contributed by atoms with Gasteiger partial charge in [0.2, 0.25) is 0 Å². The number of aryl methyl sites for hydroxylation is 1. The van der Waals surface area contributed by atoms with Crippen LogP contribution in [0.25, 0.3) is 0 Å². The molecule has 0 aliphatic rings. The van der Waals surface area contributed by atoms with Crippen LogP contribution in [-0.2, 0) is 11.2 Å². The van der Waals surface area contributed by atoms with Gasteiger partial charge < -0.3 is 10.8 Å². The predicted molar refractivity (Wildman–Crippen MR) is 64.7 cm³/mol. The summed E-state index contributed by atoms with van der Waals surface area (Å²) in [5.74, 6) is -0.808. The van der Waals surface area contributed by atoms with Gasteiger partial charge >= 0.3 is 5.97 Å². The van der Waals surface area contributed by atoms with E-state index in [0.29, 0.717) is 12.8 Å². The van der Waals surface area contributed by atoms with Crippen LogP contribution in [0.3, 0.4) is 0 Å². The maximum atomic E-state index is 10.4. The summed E-state index contributed by atoms with van der Waals surface area (Å²) in [7, 11) is 0. The summed E-state index contributed by atoms with van der Waals surface area (Å²) in [5.41, 5.74) is 7.92. The molecule has 0 fully saturated rings. The van der Waals surface area contributed by atoms with Crippen molar-refractivity contribution in [3.05, 3.63) is 34.3 Å². The van der Waals surface area contributed by atoms with E-state index in [4.69, 9.17) is 22.4 Å². The van der Waals surface area contributed by atoms with Crippen molar-refractivity contribution in [1.29, 1.82) is 0 Å². The van der Waals surface area contributed by atoms with Gasteiger partial charge in [-0.3, -0.25) is 4.79 Å². The van der Waals surface area contributed by atoms with Crippen molar-refractivity contribution in [2.75, 3.05) is 0 Å². The van der Waals surface area contributed by atoms with E-state index >= 15 is 0 Å². The quantitative estimate of drug-likeness (QED) is 0.832. The molecular formula is C12H16ClNO2. The predicted octanol–water partition coefficient (Wildman–Crippen LogP) is 2.38. The Hall–Kier alpha value is -1.06. The van der Waals surface area contributed by atoms with Crippen molar-refractivity contribution in [3.63, 3.8) is 0 Å². The van der Waals surface area contributed by atoms with Gasteiger partial charge in [-0.05, 0) is 37.0 Å². The first-order chi connectivity index (χ1) is 7.49. The number of benzene rings is 1. The molecule has 0 aromatic heterocycles. The van der Waals surface area contributed by atoms with E-state index in [-0.39, 0.29) is 12.5 Å². The summed E-state index contributed by atoms with van der Waals surface area (Å²) in [6.07, 6.45) is 1.26. The van der Waals surface area contributed by atoms with E-state index < -0.39 is 5.97 Å². The van der Waals surface area contributed by atoms with Gasteiger partial charge in [-0.25, -0.2) is 0 Å². The second-order valence-electron chi connectivity index (χ2n) is 3.98. The number of carboxylic acids is 1. The van der Waals surface area contributed by atoms with E-state index in [2.05, 4.69) is 0 Å². The van der Waals surface area contributed by atoms with Gasteiger partial charge in [0, 0.05) is 17.5 Å². The van der Waals surface area contributed by atoms with Crippen LogP contribution in [0.5, 0.6) is 0 Å². The fourth-order valence-corrected chi connectivity index (χ4v) is 1.68. The van der Waals surface area contributed by atoms with Crippen LogP contribution in [-0.4, -0.2) is 17.1 Å². The summed E-state index contributed by atoms with van der Waals surface area (Å²) in [5, 5.41) is 9.26. The second-order valence-corrected chi connectivity index (χ2v) is 4.39. The third-order valence-electron chi connectivity index (χ3n) is 2.46. The molecular weight excluding hydrogens is 226 g/mol. The van der Waals surface area contributed by atoms with Gasteiger partial charge in [-0.15, -0.1) is 0 Å². The Balaban J connectivity index is 2.52. The number of aliphatic carboxylic acids is 1. The van der Waals surface area contributed by atoms with E-state index in [1.165, 1.54) is 0 Å². The molecule has 1 atom stereocenters. The molecule has 0 aliphatic heterocycles. The van der Waals surface area contributed by atoms with Gasteiger partial charge in [0.05, 0.1) is 0 Å². The molecule has 0 spiro atoms. The highest BCUT2D eigenvalue weighted by atomic mass is 35.5. The molecule has 0 amide bonds. The Kier molecular flexibility index (Phi) is 4.77. The molecule has 3 N–H and O–H groups in total. The van der Waals surface area contributed by atoms with Crippen molar-refractivity contribution in [3.8, 4) is 0 Å². The van der Waals surface area contributed by atoms with Gasteiger partial charge in [0.25, 0.3) is 0 Å². The third kappa shape index (κ3) is 4.21. The van der Waals surface area contributed by atoms with Crippen molar-refractivity contribution in [2.45, 2.75) is 32.2 Å². The van der Waals surface area contributed by atoms with Gasteiger partial charge in [-0.2, -0.15) is 0 Å². The van der Waals surface area contributed by atoms with Crippen LogP contribution in [0.2, 0.25) is 5.02 Å². The van der Waals surface area contributed by atoms with E-state index in [0.717, 1.165) is 16.1 Å². The average molecular weight is 242 g/mol. The molecule has 1 aromatic rings. The van der Waals surface area contributed by atoms with Gasteiger partial charge in [0.1, 0.15) is 0 Å². The van der Waals surface area contributed by atoms with Crippen molar-refractivity contribution >= 4 is 17.6 Å². The largest absolute Gasteiger partial charge is 0.481 e. The molecule has 0 saturated carbocycles. The van der Waals surface area contributed by atoms with Crippen molar-refractivity contribution in [2.24, 2.45) is 5.73 Å². The van der Waals surface area contributed by atoms with Gasteiger partial charge in [-0.1, -0.05) is 23.7 Å². The summed E-state index contributed by atoms with van der Waals surface area (Å²) >= 11 is 5.99. The third-order valence-corrected chi connectivity index (χ3v) is 2.87. The lowest BCUT2D eigenvalue weighted by Crippen LogP contribution is -2.23. The number of rotatable bonds is 5. The van der Waals surface area contributed by atoms with E-state index in [9.17, 15) is 4.79 Å². The Morgan fingerprint density at radius 1 is 1.56 bits per heavy atom. The highest BCUT2D eigenvalue weighted by Crippen LogP contribution is 2.18. The zero-order valence-electron chi connectivity index (χ0n) is 9.24. The summed E-state index contributed by atoms with van der Waals surface area (Å²) in [6.45, 7) is 1.94. The van der Waals surface area contributed by atoms with Crippen LogP contribution < -0.4 is 5.73 Å². The first kappa shape index (κ1) is 13.0. The molecule has 0 heterocycles. The van der Waals surface area contributed by atoms with Crippen LogP contribution in [0.1, 0.15) is 24.0 Å². The smallest absolute Gasteiger partial charge is 0.303 e. The van der Waals surface area contributed by atoms with Crippen LogP contribution >= 0.6 is 11.6 Å². The number of hydrogen-bond acceptors (Lipinski definition) is 2. The van der Waals surface area contributed by atoms with E-state index in [1.54, 1.807) is 0 Å². The molecule has 0 bridgehead atoms. The fraction of sp³-hybridized carbons (Fsp3) is 0.417. The summed E-state index contributed by atoms with van der Waals surface area (Å²) < 4.78 is 0. The molecule has 1 unspecified atom stereocenters. The van der Waals surface area contributed by atoms with E-state index in [1.807, 2.05) is 25.1 Å². The Labute approximate surface area is 100 Å². The lowest BCUT2D eigenvalue weighted by Gasteiger charge is -2.11. The first-order valence-corrected chi connectivity index (χ1v) is 5.59. The zero-order chi connectivity index (χ0) is 12.1. The maximum Gasteiger partial charge on any atom is 0.303 e. The normalized spacial score (nSPS) is 12.4. The highest BCUT2D eigenvalue weighted by molar-refractivity contribution is 6.31. The fourth-order valence-electron chi connectivity index (χ4n) is 1.48. The highest BCUT2D eigenvalue weighted by Gasteiger charge is 2.07. The first-order valence-electron chi connectivity index (χ1n) is 5.21. The molecule has 0 radical (unpaired) electrons. The number of carbonyl (C=O) groups is 1. The molecule has 0 aliphatic carbocycles. The molecule has 0 saturated heterocycles. The lowest BCUT2D eigenvalue weighted by atomic mass is 10.0. The molecule has 4 heteroatoms. The number of nitrogens with two attached hydrogens (primary N) is 1. The molecule has 1 rings (SSSR count). The van der Waals surface area contributed by atoms with Gasteiger partial charge in [0.15, 0.2) is 0 Å². The summed E-state index contributed by atoms with van der Waals surface area (Å²) in [6, 6.07) is 5.68. The molecule has 3 nitrogen and oxygen atoms in total. The average Bonchev–Trinajstić information content (AvgIpc) is 2.21. The SMILES string of the molecule is Cc1ccc(CC(N)CCC(=O)O)cc1Cl. The molecule has 88 valence electrons. The lowest BCUT2D eigenvalue weighted by molar-refractivity contribution is -0.137. The number of hydrogen-bond donors (Lipinski definition) is 2. The summed E-state index contributed by atoms with van der Waals surface area (Å²) in [4.78, 5) is 10.4. The minimum Gasteiger partial charge on any atom is -0.481 e. The second kappa shape index (κ2) is 5.87. The molecule has 1 aromatic carbocycles.